The van der Waals surface area contributed by atoms with Crippen LogP contribution in [0.2, 0.25) is 5.02 Å². The Kier molecular flexibility index (Phi) is 6.76. The van der Waals surface area contributed by atoms with E-state index in [9.17, 15) is 4.79 Å². The maximum absolute atomic E-state index is 15.1. The number of halogens is 2. The molecule has 0 spiro atoms. The van der Waals surface area contributed by atoms with Crippen molar-refractivity contribution in [3.63, 3.8) is 0 Å². The number of nitrogens with one attached hydrogen (secondary N) is 1. The minimum atomic E-state index is -0.569. The van der Waals surface area contributed by atoms with Gasteiger partial charge in [0.25, 0.3) is 0 Å². The molecule has 6 nitrogen and oxygen atoms in total. The number of ether oxygens (including phenoxy) is 1. The zero-order chi connectivity index (χ0) is 19.3. The van der Waals surface area contributed by atoms with Crippen LogP contribution in [0, 0.1) is 5.82 Å². The third-order valence-corrected chi connectivity index (χ3v) is 4.13. The molecule has 2 rings (SSSR count). The number of anilines is 1. The molecular formula is C18H22ClFN4O2. The highest BCUT2D eigenvalue weighted by atomic mass is 35.5. The Morgan fingerprint density at radius 2 is 2.12 bits per heavy atom. The van der Waals surface area contributed by atoms with Gasteiger partial charge in [0.2, 0.25) is 5.91 Å². The van der Waals surface area contributed by atoms with Gasteiger partial charge in [-0.2, -0.15) is 0 Å². The first-order valence-electron chi connectivity index (χ1n) is 8.23. The summed E-state index contributed by atoms with van der Waals surface area (Å²) in [7, 11) is 0. The summed E-state index contributed by atoms with van der Waals surface area (Å²) < 4.78 is 20.6. The zero-order valence-corrected chi connectivity index (χ0v) is 15.4. The van der Waals surface area contributed by atoms with Gasteiger partial charge in [0, 0.05) is 24.1 Å². The van der Waals surface area contributed by atoms with Crippen molar-refractivity contribution in [3.8, 4) is 11.5 Å². The van der Waals surface area contributed by atoms with Crippen LogP contribution in [-0.2, 0) is 4.79 Å². The minimum absolute atomic E-state index is 0.0847. The molecule has 8 heteroatoms. The molecule has 0 fully saturated rings. The first kappa shape index (κ1) is 19.9. The van der Waals surface area contributed by atoms with Crippen molar-refractivity contribution in [2.75, 3.05) is 5.73 Å². The molecular weight excluding hydrogens is 359 g/mol. The first-order valence-corrected chi connectivity index (χ1v) is 8.61. The molecule has 0 bridgehead atoms. The maximum atomic E-state index is 15.1. The van der Waals surface area contributed by atoms with Crippen molar-refractivity contribution in [1.82, 2.24) is 10.3 Å². The Morgan fingerprint density at radius 3 is 2.69 bits per heavy atom. The topological polar surface area (TPSA) is 103 Å². The van der Waals surface area contributed by atoms with Gasteiger partial charge < -0.3 is 21.5 Å². The maximum Gasteiger partial charge on any atom is 0.218 e. The van der Waals surface area contributed by atoms with Gasteiger partial charge in [0.1, 0.15) is 11.6 Å². The number of carbonyl (C=O) groups is 1. The van der Waals surface area contributed by atoms with E-state index in [0.29, 0.717) is 23.6 Å². The molecule has 0 aliphatic carbocycles. The van der Waals surface area contributed by atoms with Crippen molar-refractivity contribution >= 4 is 23.3 Å². The van der Waals surface area contributed by atoms with Gasteiger partial charge in [-0.05, 0) is 31.5 Å². The molecule has 0 unspecified atom stereocenters. The van der Waals surface area contributed by atoms with Crippen LogP contribution in [0.5, 0.6) is 11.5 Å². The van der Waals surface area contributed by atoms with Crippen LogP contribution < -0.4 is 21.5 Å². The van der Waals surface area contributed by atoms with Crippen LogP contribution in [0.1, 0.15) is 38.3 Å². The highest BCUT2D eigenvalue weighted by Crippen LogP contribution is 2.36. The predicted molar refractivity (Wildman–Crippen MR) is 99.6 cm³/mol. The quantitative estimate of drug-likeness (QED) is 0.649. The molecule has 1 amide bonds. The molecule has 0 saturated carbocycles. The third kappa shape index (κ3) is 5.06. The highest BCUT2D eigenvalue weighted by Gasteiger charge is 2.22. The summed E-state index contributed by atoms with van der Waals surface area (Å²) in [5, 5.41) is 3.35. The average Bonchev–Trinajstić information content (AvgIpc) is 2.58. The summed E-state index contributed by atoms with van der Waals surface area (Å²) >= 11 is 6.11. The van der Waals surface area contributed by atoms with Gasteiger partial charge in [0.05, 0.1) is 11.2 Å². The van der Waals surface area contributed by atoms with Crippen LogP contribution in [0.4, 0.5) is 10.2 Å². The highest BCUT2D eigenvalue weighted by molar-refractivity contribution is 6.32. The Bertz CT molecular complexity index is 771. The average molecular weight is 381 g/mol. The summed E-state index contributed by atoms with van der Waals surface area (Å²) in [5.41, 5.74) is 11.1. The number of aromatic nitrogens is 1. The number of rotatable bonds is 8. The molecule has 1 aromatic heterocycles. The summed E-state index contributed by atoms with van der Waals surface area (Å²) in [6.07, 6.45) is 2.15. The zero-order valence-electron chi connectivity index (χ0n) is 14.6. The van der Waals surface area contributed by atoms with Crippen molar-refractivity contribution in [1.29, 1.82) is 0 Å². The predicted octanol–water partition coefficient (Wildman–Crippen LogP) is 3.55. The molecule has 26 heavy (non-hydrogen) atoms. The van der Waals surface area contributed by atoms with E-state index >= 15 is 4.39 Å². The second-order valence-electron chi connectivity index (χ2n) is 6.00. The van der Waals surface area contributed by atoms with E-state index in [1.54, 1.807) is 24.3 Å². The number of nitrogen functional groups attached to an aromatic ring is 1. The number of primary amides is 1. The molecule has 0 saturated heterocycles. The van der Waals surface area contributed by atoms with Gasteiger partial charge in [0.15, 0.2) is 11.6 Å². The largest absolute Gasteiger partial charge is 0.451 e. The van der Waals surface area contributed by atoms with Crippen molar-refractivity contribution in [2.45, 2.75) is 38.8 Å². The Hall–Kier alpha value is -2.38. The monoisotopic (exact) mass is 380 g/mol. The summed E-state index contributed by atoms with van der Waals surface area (Å²) in [6.45, 7) is 3.73. The normalized spacial score (nSPS) is 13.2. The number of hydrogen-bond donors (Lipinski definition) is 3. The van der Waals surface area contributed by atoms with Gasteiger partial charge in [-0.15, -0.1) is 0 Å². The molecule has 1 aromatic carbocycles. The fraction of sp³-hybridized carbons (Fsp3) is 0.333. The molecule has 0 aliphatic heterocycles. The summed E-state index contributed by atoms with van der Waals surface area (Å²) in [4.78, 5) is 15.0. The lowest BCUT2D eigenvalue weighted by Crippen LogP contribution is -2.34. The van der Waals surface area contributed by atoms with E-state index < -0.39 is 11.7 Å². The Labute approximate surface area is 156 Å². The smallest absolute Gasteiger partial charge is 0.218 e. The molecule has 0 aliphatic rings. The van der Waals surface area contributed by atoms with Crippen molar-refractivity contribution < 1.29 is 13.9 Å². The van der Waals surface area contributed by atoms with E-state index in [2.05, 4.69) is 10.3 Å². The molecule has 2 aromatic rings. The number of nitrogens with zero attached hydrogens (tertiary/aromatic N) is 1. The lowest BCUT2D eigenvalue weighted by molar-refractivity contribution is -0.118. The van der Waals surface area contributed by atoms with Gasteiger partial charge in [-0.25, -0.2) is 9.37 Å². The van der Waals surface area contributed by atoms with Crippen molar-refractivity contribution in [3.05, 3.63) is 46.9 Å². The molecule has 0 radical (unpaired) electrons. The van der Waals surface area contributed by atoms with E-state index in [0.717, 1.165) is 0 Å². The summed E-state index contributed by atoms with van der Waals surface area (Å²) in [6, 6.07) is 5.78. The first-order chi connectivity index (χ1) is 12.3. The van der Waals surface area contributed by atoms with Crippen LogP contribution in [0.15, 0.2) is 30.5 Å². The lowest BCUT2D eigenvalue weighted by Gasteiger charge is -2.23. The van der Waals surface area contributed by atoms with Crippen molar-refractivity contribution in [2.24, 2.45) is 5.73 Å². The van der Waals surface area contributed by atoms with Crippen LogP contribution in [0.3, 0.4) is 0 Å². The number of nitrogens with two attached hydrogens (primary N) is 2. The van der Waals surface area contributed by atoms with E-state index in [1.165, 1.54) is 6.20 Å². The molecule has 1 heterocycles. The molecule has 5 N–H and O–H groups in total. The number of pyridine rings is 1. The van der Waals surface area contributed by atoms with E-state index in [1.807, 2.05) is 13.8 Å². The lowest BCUT2D eigenvalue weighted by atomic mass is 10.0. The van der Waals surface area contributed by atoms with Crippen LogP contribution in [-0.4, -0.2) is 16.9 Å². The number of amides is 1. The van der Waals surface area contributed by atoms with Crippen LogP contribution in [0.25, 0.3) is 0 Å². The fourth-order valence-corrected chi connectivity index (χ4v) is 2.80. The Morgan fingerprint density at radius 1 is 1.38 bits per heavy atom. The SMILES string of the molecule is CC[C@@H](N[C@@H](C)CC(N)=O)c1ccc(Cl)c(Oc2ccc(N)nc2)c1F. The van der Waals surface area contributed by atoms with E-state index in [-0.39, 0.29) is 29.3 Å². The standard InChI is InChI=1S/C18H22ClFN4O2/c1-3-14(24-10(2)8-16(22)25)12-5-6-13(19)18(17(12)20)26-11-4-7-15(21)23-9-11/h4-7,9-10,14,24H,3,8H2,1-2H3,(H2,21,23)(H2,22,25)/t10-,14+/m0/s1. The third-order valence-electron chi connectivity index (χ3n) is 3.83. The second kappa shape index (κ2) is 8.82. The fourth-order valence-electron chi connectivity index (χ4n) is 2.61. The number of benzene rings is 1. The number of hydrogen-bond acceptors (Lipinski definition) is 5. The van der Waals surface area contributed by atoms with Gasteiger partial charge in [-0.1, -0.05) is 24.6 Å². The second-order valence-corrected chi connectivity index (χ2v) is 6.41. The van der Waals surface area contributed by atoms with Gasteiger partial charge >= 0.3 is 0 Å². The molecule has 2 atom stereocenters. The number of carbonyl (C=O) groups excluding carboxylic acids is 1. The van der Waals surface area contributed by atoms with Crippen LogP contribution >= 0.6 is 11.6 Å². The minimum Gasteiger partial charge on any atom is -0.451 e. The Balaban J connectivity index is 2.28. The van der Waals surface area contributed by atoms with Gasteiger partial charge in [-0.3, -0.25) is 4.79 Å². The summed E-state index contributed by atoms with van der Waals surface area (Å²) in [5.74, 6) is -0.425. The van der Waals surface area contributed by atoms with E-state index in [4.69, 9.17) is 27.8 Å². The molecule has 140 valence electrons.